The number of likely N-dealkylation sites (N-methyl/N-ethyl adjacent to an activating group) is 1. The summed E-state index contributed by atoms with van der Waals surface area (Å²) < 4.78 is 23.0. The Bertz CT molecular complexity index is 927. The molecule has 0 spiro atoms. The van der Waals surface area contributed by atoms with Gasteiger partial charge in [0.1, 0.15) is 18.7 Å². The highest BCUT2D eigenvalue weighted by molar-refractivity contribution is 5.54. The molecule has 0 radical (unpaired) electrons. The van der Waals surface area contributed by atoms with E-state index in [9.17, 15) is 5.11 Å². The number of nitrogens with zero attached hydrogens (tertiary/aromatic N) is 1. The van der Waals surface area contributed by atoms with Crippen LogP contribution in [-0.4, -0.2) is 44.2 Å². The minimum absolute atomic E-state index is 0.0474. The summed E-state index contributed by atoms with van der Waals surface area (Å²) >= 11 is 0. The van der Waals surface area contributed by atoms with Crippen LogP contribution in [0.4, 0.5) is 0 Å². The summed E-state index contributed by atoms with van der Waals surface area (Å²) in [6.45, 7) is 1.98. The minimum atomic E-state index is -0.627. The van der Waals surface area contributed by atoms with Gasteiger partial charge < -0.3 is 28.5 Å². The predicted molar refractivity (Wildman–Crippen MR) is 98.3 cm³/mol. The number of hydrogen-bond donors (Lipinski definition) is 1. The molecule has 3 aliphatic rings. The summed E-state index contributed by atoms with van der Waals surface area (Å²) in [6.07, 6.45) is 0.311. The highest BCUT2D eigenvalue weighted by Gasteiger charge is 2.50. The van der Waals surface area contributed by atoms with E-state index in [4.69, 9.17) is 18.9 Å². The number of aliphatic hydroxyl groups is 1. The molecule has 3 heterocycles. The Hall–Kier alpha value is -2.44. The van der Waals surface area contributed by atoms with Crippen molar-refractivity contribution in [2.45, 2.75) is 25.1 Å². The van der Waals surface area contributed by atoms with Crippen molar-refractivity contribution >= 4 is 0 Å². The molecular weight excluding hydrogens is 346 g/mol. The normalized spacial score (nSPS) is 27.4. The molecule has 0 aliphatic carbocycles. The first-order valence-corrected chi connectivity index (χ1v) is 9.24. The van der Waals surface area contributed by atoms with Crippen LogP contribution in [0.5, 0.6) is 23.0 Å². The maximum Gasteiger partial charge on any atom is 0.231 e. The number of ether oxygens (including phenoxy) is 4. The van der Waals surface area contributed by atoms with Crippen LogP contribution in [0.3, 0.4) is 0 Å². The number of benzene rings is 2. The Kier molecular flexibility index (Phi) is 3.58. The lowest BCUT2D eigenvalue weighted by Gasteiger charge is -2.50. The third-order valence-electron chi connectivity index (χ3n) is 6.34. The third kappa shape index (κ3) is 2.26. The molecule has 2 aromatic carbocycles. The van der Waals surface area contributed by atoms with Crippen molar-refractivity contribution in [2.75, 3.05) is 34.6 Å². The van der Waals surface area contributed by atoms with Crippen LogP contribution >= 0.6 is 0 Å². The van der Waals surface area contributed by atoms with E-state index in [0.717, 1.165) is 57.9 Å². The zero-order valence-electron chi connectivity index (χ0n) is 15.8. The van der Waals surface area contributed by atoms with Gasteiger partial charge in [-0.1, -0.05) is 6.07 Å². The molecule has 5 rings (SSSR count). The second kappa shape index (κ2) is 5.78. The molecule has 0 unspecified atom stereocenters. The van der Waals surface area contributed by atoms with Gasteiger partial charge in [0.15, 0.2) is 23.0 Å². The summed E-state index contributed by atoms with van der Waals surface area (Å²) in [7, 11) is 5.51. The zero-order chi connectivity index (χ0) is 18.8. The zero-order valence-corrected chi connectivity index (χ0v) is 15.8. The fraction of sp³-hybridized carbons (Fsp3) is 0.429. The van der Waals surface area contributed by atoms with Crippen molar-refractivity contribution in [3.05, 3.63) is 46.5 Å². The van der Waals surface area contributed by atoms with Crippen LogP contribution in [-0.2, 0) is 13.0 Å². The average Bonchev–Trinajstić information content (AvgIpc) is 3.12. The highest BCUT2D eigenvalue weighted by atomic mass is 16.7. The van der Waals surface area contributed by atoms with Crippen molar-refractivity contribution in [2.24, 2.45) is 0 Å². The number of methoxy groups -OCH3 is 2. The molecule has 6 nitrogen and oxygen atoms in total. The number of aliphatic hydroxyl groups excluding tert-OH is 1. The first kappa shape index (κ1) is 16.7. The van der Waals surface area contributed by atoms with Gasteiger partial charge in [-0.05, 0) is 29.3 Å². The van der Waals surface area contributed by atoms with E-state index >= 15 is 0 Å². The molecule has 0 saturated heterocycles. The van der Waals surface area contributed by atoms with E-state index in [1.807, 2.05) is 12.1 Å². The number of hydrogen-bond acceptors (Lipinski definition) is 5. The van der Waals surface area contributed by atoms with Crippen LogP contribution in [0.1, 0.15) is 34.4 Å². The van der Waals surface area contributed by atoms with Gasteiger partial charge in [-0.2, -0.15) is 0 Å². The summed E-state index contributed by atoms with van der Waals surface area (Å²) in [4.78, 5) is 0. The highest BCUT2D eigenvalue weighted by Crippen LogP contribution is 2.53. The Balaban J connectivity index is 1.67. The van der Waals surface area contributed by atoms with E-state index in [2.05, 4.69) is 19.2 Å². The summed E-state index contributed by atoms with van der Waals surface area (Å²) in [5.41, 5.74) is 4.34. The summed E-state index contributed by atoms with van der Waals surface area (Å²) in [6, 6.07) is 7.94. The smallest absolute Gasteiger partial charge is 0.231 e. The maximum atomic E-state index is 11.4. The monoisotopic (exact) mass is 370 g/mol. The molecule has 6 heteroatoms. The van der Waals surface area contributed by atoms with E-state index < -0.39 is 6.10 Å². The number of quaternary nitrogens is 1. The van der Waals surface area contributed by atoms with Gasteiger partial charge in [-0.3, -0.25) is 0 Å². The van der Waals surface area contributed by atoms with Gasteiger partial charge in [-0.25, -0.2) is 0 Å². The molecule has 3 aliphatic heterocycles. The van der Waals surface area contributed by atoms with Crippen LogP contribution in [0, 0.1) is 0 Å². The molecule has 0 saturated carbocycles. The molecule has 3 atom stereocenters. The second-order valence-electron chi connectivity index (χ2n) is 7.77. The number of fused-ring (bicyclic) bond motifs is 5. The molecule has 0 aromatic heterocycles. The van der Waals surface area contributed by atoms with Crippen LogP contribution in [0.25, 0.3) is 0 Å². The lowest BCUT2D eigenvalue weighted by atomic mass is 9.79. The van der Waals surface area contributed by atoms with Crippen LogP contribution in [0.15, 0.2) is 24.3 Å². The van der Waals surface area contributed by atoms with Crippen molar-refractivity contribution in [1.29, 1.82) is 0 Å². The van der Waals surface area contributed by atoms with E-state index in [-0.39, 0.29) is 12.8 Å². The van der Waals surface area contributed by atoms with Crippen LogP contribution in [0.2, 0.25) is 0 Å². The molecule has 1 N–H and O–H groups in total. The molecule has 0 fully saturated rings. The topological polar surface area (TPSA) is 57.2 Å². The third-order valence-corrected chi connectivity index (χ3v) is 6.34. The number of rotatable bonds is 2. The molecule has 0 amide bonds. The Morgan fingerprint density at radius 3 is 2.59 bits per heavy atom. The fourth-order valence-corrected chi connectivity index (χ4v) is 5.01. The Labute approximate surface area is 158 Å². The molecule has 142 valence electrons. The average molecular weight is 370 g/mol. The lowest BCUT2D eigenvalue weighted by Crippen LogP contribution is -2.55. The van der Waals surface area contributed by atoms with Gasteiger partial charge in [0.05, 0.1) is 33.4 Å². The van der Waals surface area contributed by atoms with Gasteiger partial charge in [0.25, 0.3) is 0 Å². The standard InChI is InChI=1S/C21H24NO5/c1-22-7-6-12-8-17-18(27-11-26-17)9-14(12)19(22)20(23)13-4-5-16(24-2)21(25-3)15(13)10-22/h4-5,8-9,19-20,23H,6-7,10-11H2,1-3H3/q+1/t19-,20+,22+/m1/s1. The largest absolute Gasteiger partial charge is 0.493 e. The quantitative estimate of drug-likeness (QED) is 0.824. The van der Waals surface area contributed by atoms with Gasteiger partial charge in [0, 0.05) is 12.0 Å². The van der Waals surface area contributed by atoms with Gasteiger partial charge in [0.2, 0.25) is 6.79 Å². The van der Waals surface area contributed by atoms with Crippen molar-refractivity contribution < 1.29 is 28.5 Å². The van der Waals surface area contributed by atoms with Crippen molar-refractivity contribution in [3.8, 4) is 23.0 Å². The molecule has 0 bridgehead atoms. The SMILES string of the molecule is COc1ccc2c(c1OC)C[N@+]1(C)CCc3cc4c(cc3[C@@H]1[C@H]2O)OCO4. The molecular formula is C21H24NO5+. The van der Waals surface area contributed by atoms with E-state index in [0.29, 0.717) is 5.75 Å². The molecule has 2 aromatic rings. The minimum Gasteiger partial charge on any atom is -0.493 e. The van der Waals surface area contributed by atoms with Crippen LogP contribution < -0.4 is 18.9 Å². The summed E-state index contributed by atoms with van der Waals surface area (Å²) in [5, 5.41) is 11.4. The fourth-order valence-electron chi connectivity index (χ4n) is 5.01. The second-order valence-corrected chi connectivity index (χ2v) is 7.77. The van der Waals surface area contributed by atoms with Gasteiger partial charge >= 0.3 is 0 Å². The van der Waals surface area contributed by atoms with E-state index in [1.54, 1.807) is 14.2 Å². The molecule has 27 heavy (non-hydrogen) atoms. The Morgan fingerprint density at radius 1 is 1.07 bits per heavy atom. The first-order chi connectivity index (χ1) is 13.1. The maximum absolute atomic E-state index is 11.4. The van der Waals surface area contributed by atoms with E-state index in [1.165, 1.54) is 5.56 Å². The predicted octanol–water partition coefficient (Wildman–Crippen LogP) is 2.72. The van der Waals surface area contributed by atoms with Crippen molar-refractivity contribution in [3.63, 3.8) is 0 Å². The Morgan fingerprint density at radius 2 is 1.85 bits per heavy atom. The first-order valence-electron chi connectivity index (χ1n) is 9.24. The van der Waals surface area contributed by atoms with Crippen molar-refractivity contribution in [1.82, 2.24) is 0 Å². The van der Waals surface area contributed by atoms with Gasteiger partial charge in [-0.15, -0.1) is 0 Å². The lowest BCUT2D eigenvalue weighted by molar-refractivity contribution is -0.960. The summed E-state index contributed by atoms with van der Waals surface area (Å²) in [5.74, 6) is 3.01.